The number of halogens is 3. The second kappa shape index (κ2) is 6.44. The van der Waals surface area contributed by atoms with E-state index in [1.54, 1.807) is 0 Å². The van der Waals surface area contributed by atoms with E-state index in [0.717, 1.165) is 19.5 Å². The number of nitrogens with zero attached hydrogens (tertiary/aromatic N) is 1. The maximum atomic E-state index is 12.8. The third-order valence-corrected chi connectivity index (χ3v) is 4.58. The quantitative estimate of drug-likeness (QED) is 0.853. The Hall–Kier alpha value is -0.290. The van der Waals surface area contributed by atoms with Crippen LogP contribution in [0.3, 0.4) is 0 Å². The highest BCUT2D eigenvalue weighted by molar-refractivity contribution is 4.84. The van der Waals surface area contributed by atoms with Gasteiger partial charge in [0.15, 0.2) is 0 Å². The molecule has 1 N–H and O–H groups in total. The Labute approximate surface area is 113 Å². The van der Waals surface area contributed by atoms with Gasteiger partial charge in [-0.25, -0.2) is 0 Å². The lowest BCUT2D eigenvalue weighted by Crippen LogP contribution is -2.48. The van der Waals surface area contributed by atoms with E-state index in [1.807, 2.05) is 4.90 Å². The number of hydrogen-bond acceptors (Lipinski definition) is 2. The van der Waals surface area contributed by atoms with Crippen LogP contribution in [0.25, 0.3) is 0 Å². The summed E-state index contributed by atoms with van der Waals surface area (Å²) in [5.74, 6) is -1.12. The van der Waals surface area contributed by atoms with E-state index < -0.39 is 12.1 Å². The summed E-state index contributed by atoms with van der Waals surface area (Å²) in [4.78, 5) is 2.04. The predicted octanol–water partition coefficient (Wildman–Crippen LogP) is 3.18. The molecule has 0 aromatic carbocycles. The number of piperidine rings is 2. The van der Waals surface area contributed by atoms with Gasteiger partial charge in [0.2, 0.25) is 0 Å². The Balaban J connectivity index is 1.82. The maximum absolute atomic E-state index is 12.8. The summed E-state index contributed by atoms with van der Waals surface area (Å²) in [6.45, 7) is 4.15. The summed E-state index contributed by atoms with van der Waals surface area (Å²) in [6.07, 6.45) is 1.56. The zero-order chi connectivity index (χ0) is 13.9. The lowest BCUT2D eigenvalue weighted by Gasteiger charge is -2.39. The van der Waals surface area contributed by atoms with E-state index in [-0.39, 0.29) is 12.6 Å². The van der Waals surface area contributed by atoms with E-state index in [9.17, 15) is 13.2 Å². The maximum Gasteiger partial charge on any atom is 0.393 e. The van der Waals surface area contributed by atoms with Gasteiger partial charge in [0.05, 0.1) is 5.92 Å². The lowest BCUT2D eigenvalue weighted by molar-refractivity contribution is -0.188. The van der Waals surface area contributed by atoms with Gasteiger partial charge in [0.1, 0.15) is 0 Å². The first-order valence-electron chi connectivity index (χ1n) is 7.51. The molecule has 2 saturated heterocycles. The predicted molar refractivity (Wildman–Crippen MR) is 70.1 cm³/mol. The van der Waals surface area contributed by atoms with Crippen molar-refractivity contribution in [3.05, 3.63) is 0 Å². The molecular formula is C14H25F3N2. The molecule has 3 atom stereocenters. The summed E-state index contributed by atoms with van der Waals surface area (Å²) in [6, 6.07) is 0.746. The zero-order valence-electron chi connectivity index (χ0n) is 11.7. The molecule has 112 valence electrons. The largest absolute Gasteiger partial charge is 0.393 e. The van der Waals surface area contributed by atoms with Crippen LogP contribution in [-0.2, 0) is 0 Å². The molecule has 3 unspecified atom stereocenters. The molecule has 0 aliphatic carbocycles. The number of likely N-dealkylation sites (tertiary alicyclic amines) is 1. The summed E-state index contributed by atoms with van der Waals surface area (Å²) < 4.78 is 38.4. The fraction of sp³-hybridized carbons (Fsp3) is 1.00. The molecule has 0 bridgehead atoms. The highest BCUT2D eigenvalue weighted by atomic mass is 19.4. The molecule has 2 fully saturated rings. The van der Waals surface area contributed by atoms with Crippen LogP contribution in [0.15, 0.2) is 0 Å². The van der Waals surface area contributed by atoms with Crippen molar-refractivity contribution in [1.29, 1.82) is 0 Å². The summed E-state index contributed by atoms with van der Waals surface area (Å²) >= 11 is 0. The van der Waals surface area contributed by atoms with Gasteiger partial charge in [-0.05, 0) is 52.1 Å². The minimum absolute atomic E-state index is 0.192. The average molecular weight is 278 g/mol. The topological polar surface area (TPSA) is 15.3 Å². The lowest BCUT2D eigenvalue weighted by atomic mass is 9.93. The highest BCUT2D eigenvalue weighted by Gasteiger charge is 2.42. The van der Waals surface area contributed by atoms with Gasteiger partial charge in [-0.3, -0.25) is 4.90 Å². The Morgan fingerprint density at radius 3 is 2.63 bits per heavy atom. The summed E-state index contributed by atoms with van der Waals surface area (Å²) in [5, 5.41) is 3.48. The van der Waals surface area contributed by atoms with Gasteiger partial charge in [-0.2, -0.15) is 13.2 Å². The van der Waals surface area contributed by atoms with E-state index >= 15 is 0 Å². The molecule has 0 radical (unpaired) electrons. The van der Waals surface area contributed by atoms with Crippen molar-refractivity contribution in [2.24, 2.45) is 5.92 Å². The Morgan fingerprint density at radius 1 is 1.21 bits per heavy atom. The Bertz CT molecular complexity index is 274. The van der Waals surface area contributed by atoms with Crippen LogP contribution in [0.2, 0.25) is 0 Å². The standard InChI is InChI=1S/C14H25F3N2/c1-11(9-13-6-2-3-7-18-13)19-8-4-5-12(10-19)14(15,16)17/h11-13,18H,2-10H2,1H3. The Morgan fingerprint density at radius 2 is 2.00 bits per heavy atom. The fourth-order valence-electron chi connectivity index (χ4n) is 3.36. The van der Waals surface area contributed by atoms with Crippen molar-refractivity contribution in [2.45, 2.75) is 63.7 Å². The van der Waals surface area contributed by atoms with Crippen LogP contribution >= 0.6 is 0 Å². The normalized spacial score (nSPS) is 32.2. The van der Waals surface area contributed by atoms with Crippen LogP contribution in [-0.4, -0.2) is 42.8 Å². The van der Waals surface area contributed by atoms with Crippen molar-refractivity contribution >= 4 is 0 Å². The molecule has 2 aliphatic heterocycles. The van der Waals surface area contributed by atoms with Crippen LogP contribution in [0.1, 0.15) is 45.4 Å². The second-order valence-electron chi connectivity index (χ2n) is 6.11. The Kier molecular flexibility index (Phi) is 5.12. The number of alkyl halides is 3. The van der Waals surface area contributed by atoms with E-state index in [2.05, 4.69) is 12.2 Å². The first kappa shape index (κ1) is 15.1. The third-order valence-electron chi connectivity index (χ3n) is 4.58. The highest BCUT2D eigenvalue weighted by Crippen LogP contribution is 2.34. The zero-order valence-corrected chi connectivity index (χ0v) is 11.7. The third kappa shape index (κ3) is 4.35. The monoisotopic (exact) mass is 278 g/mol. The summed E-state index contributed by atoms with van der Waals surface area (Å²) in [7, 11) is 0. The average Bonchev–Trinajstić information content (AvgIpc) is 2.39. The molecule has 19 heavy (non-hydrogen) atoms. The SMILES string of the molecule is CC(CC1CCCCN1)N1CCCC(C(F)(F)F)C1. The van der Waals surface area contributed by atoms with Crippen LogP contribution < -0.4 is 5.32 Å². The smallest absolute Gasteiger partial charge is 0.314 e. The van der Waals surface area contributed by atoms with E-state index in [1.165, 1.54) is 19.3 Å². The molecule has 2 aliphatic rings. The van der Waals surface area contributed by atoms with Crippen molar-refractivity contribution in [3.8, 4) is 0 Å². The number of nitrogens with one attached hydrogen (secondary N) is 1. The van der Waals surface area contributed by atoms with Crippen molar-refractivity contribution in [2.75, 3.05) is 19.6 Å². The van der Waals surface area contributed by atoms with Gasteiger partial charge < -0.3 is 5.32 Å². The summed E-state index contributed by atoms with van der Waals surface area (Å²) in [5.41, 5.74) is 0. The number of rotatable bonds is 3. The molecule has 0 spiro atoms. The van der Waals surface area contributed by atoms with Gasteiger partial charge in [-0.15, -0.1) is 0 Å². The second-order valence-corrected chi connectivity index (χ2v) is 6.11. The molecule has 0 saturated carbocycles. The van der Waals surface area contributed by atoms with Gasteiger partial charge in [0.25, 0.3) is 0 Å². The molecule has 2 heterocycles. The minimum Gasteiger partial charge on any atom is -0.314 e. The van der Waals surface area contributed by atoms with Crippen molar-refractivity contribution in [3.63, 3.8) is 0 Å². The first-order valence-corrected chi connectivity index (χ1v) is 7.51. The van der Waals surface area contributed by atoms with Gasteiger partial charge in [-0.1, -0.05) is 6.42 Å². The van der Waals surface area contributed by atoms with E-state index in [0.29, 0.717) is 18.9 Å². The van der Waals surface area contributed by atoms with Gasteiger partial charge >= 0.3 is 6.18 Å². The molecule has 0 aromatic rings. The van der Waals surface area contributed by atoms with Crippen LogP contribution in [0.4, 0.5) is 13.2 Å². The minimum atomic E-state index is -4.03. The molecule has 2 nitrogen and oxygen atoms in total. The number of hydrogen-bond donors (Lipinski definition) is 1. The first-order chi connectivity index (χ1) is 8.97. The molecular weight excluding hydrogens is 253 g/mol. The van der Waals surface area contributed by atoms with Crippen molar-refractivity contribution in [1.82, 2.24) is 10.2 Å². The fourth-order valence-corrected chi connectivity index (χ4v) is 3.36. The van der Waals surface area contributed by atoms with Crippen LogP contribution in [0.5, 0.6) is 0 Å². The van der Waals surface area contributed by atoms with E-state index in [4.69, 9.17) is 0 Å². The van der Waals surface area contributed by atoms with Crippen LogP contribution in [0, 0.1) is 5.92 Å². The van der Waals surface area contributed by atoms with Gasteiger partial charge in [0, 0.05) is 18.6 Å². The van der Waals surface area contributed by atoms with Crippen molar-refractivity contribution < 1.29 is 13.2 Å². The molecule has 2 rings (SSSR count). The molecule has 0 amide bonds. The molecule has 5 heteroatoms. The molecule has 0 aromatic heterocycles.